The average molecular weight is 507 g/mol. The average Bonchev–Trinajstić information content (AvgIpc) is 3.60. The van der Waals surface area contributed by atoms with Crippen LogP contribution in [-0.2, 0) is 18.5 Å². The van der Waals surface area contributed by atoms with E-state index >= 15 is 0 Å². The molecule has 6 nitrogen and oxygen atoms in total. The Hall–Kier alpha value is 0.190. The molecule has 0 radical (unpaired) electrons. The molecule has 1 aliphatic rings. The van der Waals surface area contributed by atoms with Gasteiger partial charge in [0.05, 0.1) is 47.1 Å². The number of likely N-dealkylation sites (N-methyl/N-ethyl adjacent to an activating group) is 1. The summed E-state index contributed by atoms with van der Waals surface area (Å²) in [7, 11) is 4.49. The molecular weight excluding hydrogens is 449 g/mol. The molecule has 0 amide bonds. The summed E-state index contributed by atoms with van der Waals surface area (Å²) < 4.78 is 23.1. The van der Waals surface area contributed by atoms with Gasteiger partial charge in [-0.1, -0.05) is 90.4 Å². The summed E-state index contributed by atoms with van der Waals surface area (Å²) in [4.78, 5) is 10.00. The van der Waals surface area contributed by atoms with Crippen LogP contribution in [0.3, 0.4) is 0 Å². The molecule has 0 bridgehead atoms. The van der Waals surface area contributed by atoms with Gasteiger partial charge in [0.1, 0.15) is 13.2 Å². The lowest BCUT2D eigenvalue weighted by atomic mass is 10.0. The lowest BCUT2D eigenvalue weighted by molar-refractivity contribution is -0.870. The minimum absolute atomic E-state index is 0.248. The van der Waals surface area contributed by atoms with Crippen molar-refractivity contribution in [2.45, 2.75) is 109 Å². The number of hydrogen-bond donors (Lipinski definition) is 1. The second-order valence-corrected chi connectivity index (χ2v) is 12.1. The Bertz CT molecular complexity index is 445. The van der Waals surface area contributed by atoms with E-state index in [0.29, 0.717) is 25.9 Å². The van der Waals surface area contributed by atoms with Gasteiger partial charge in [-0.3, -0.25) is 0 Å². The van der Waals surface area contributed by atoms with Gasteiger partial charge in [-0.05, 0) is 12.8 Å². The van der Waals surface area contributed by atoms with E-state index in [0.717, 1.165) is 37.1 Å². The maximum Gasteiger partial charge on any atom is 0.330 e. The largest absolute Gasteiger partial charge is 0.381 e. The Labute approximate surface area is 212 Å². The lowest BCUT2D eigenvalue weighted by Gasteiger charge is -2.24. The molecule has 1 N–H and O–H groups in total. The van der Waals surface area contributed by atoms with Crippen molar-refractivity contribution in [1.29, 1.82) is 0 Å². The van der Waals surface area contributed by atoms with Crippen LogP contribution in [0.2, 0.25) is 0 Å². The van der Waals surface area contributed by atoms with Crippen LogP contribution in [0.5, 0.6) is 0 Å². The molecule has 0 aromatic heterocycles. The SMILES string of the molecule is CCCCCCCCCCCCCCCCOCC(COP(O)OCC[N+](C)(C)C)CC1CO1. The summed E-state index contributed by atoms with van der Waals surface area (Å²) in [5, 5.41) is 0. The minimum Gasteiger partial charge on any atom is -0.381 e. The van der Waals surface area contributed by atoms with E-state index in [9.17, 15) is 4.89 Å². The van der Waals surface area contributed by atoms with Crippen LogP contribution < -0.4 is 0 Å². The molecule has 1 fully saturated rings. The van der Waals surface area contributed by atoms with E-state index in [4.69, 9.17) is 18.5 Å². The number of unbranched alkanes of at least 4 members (excludes halogenated alkanes) is 13. The van der Waals surface area contributed by atoms with Crippen molar-refractivity contribution < 1.29 is 27.9 Å². The van der Waals surface area contributed by atoms with Gasteiger partial charge in [0.15, 0.2) is 0 Å². The van der Waals surface area contributed by atoms with Crippen molar-refractivity contribution >= 4 is 8.60 Å². The number of ether oxygens (including phenoxy) is 2. The number of nitrogens with zero attached hydrogens (tertiary/aromatic N) is 1. The summed E-state index contributed by atoms with van der Waals surface area (Å²) in [6.07, 6.45) is 20.5. The monoisotopic (exact) mass is 506 g/mol. The third kappa shape index (κ3) is 22.6. The van der Waals surface area contributed by atoms with Crippen molar-refractivity contribution in [3.8, 4) is 0 Å². The van der Waals surface area contributed by atoms with Crippen molar-refractivity contribution in [1.82, 2.24) is 0 Å². The van der Waals surface area contributed by atoms with Gasteiger partial charge in [0.2, 0.25) is 0 Å². The molecule has 34 heavy (non-hydrogen) atoms. The van der Waals surface area contributed by atoms with Gasteiger partial charge in [-0.25, -0.2) is 0 Å². The van der Waals surface area contributed by atoms with Crippen LogP contribution >= 0.6 is 8.60 Å². The van der Waals surface area contributed by atoms with E-state index in [1.165, 1.54) is 83.5 Å². The van der Waals surface area contributed by atoms with Gasteiger partial charge in [-0.2, -0.15) is 0 Å². The summed E-state index contributed by atoms with van der Waals surface area (Å²) in [5.74, 6) is 0.248. The highest BCUT2D eigenvalue weighted by Gasteiger charge is 2.27. The second kappa shape index (κ2) is 21.3. The third-order valence-electron chi connectivity index (χ3n) is 6.38. The molecule has 1 saturated heterocycles. The molecule has 0 aromatic rings. The maximum absolute atomic E-state index is 10.00. The molecule has 3 atom stereocenters. The quantitative estimate of drug-likeness (QED) is 0.0602. The van der Waals surface area contributed by atoms with E-state index in [1.807, 2.05) is 0 Å². The Morgan fingerprint density at radius 3 is 1.82 bits per heavy atom. The highest BCUT2D eigenvalue weighted by Crippen LogP contribution is 2.34. The first-order chi connectivity index (χ1) is 16.4. The van der Waals surface area contributed by atoms with Gasteiger partial charge in [0, 0.05) is 12.5 Å². The zero-order valence-corrected chi connectivity index (χ0v) is 23.9. The molecule has 0 saturated carbocycles. The van der Waals surface area contributed by atoms with Crippen LogP contribution in [0.25, 0.3) is 0 Å². The maximum atomic E-state index is 10.00. The highest BCUT2D eigenvalue weighted by molar-refractivity contribution is 7.40. The summed E-state index contributed by atoms with van der Waals surface area (Å²) in [5.41, 5.74) is 0. The number of rotatable bonds is 26. The topological polar surface area (TPSA) is 60.5 Å². The standard InChI is InChI=1S/C27H57NO5P/c1-5-6-7-8-9-10-11-12-13-14-15-16-17-18-20-30-23-26(22-27-25-31-27)24-33-34(29)32-21-19-28(2,3)4/h26-27,29H,5-25H2,1-4H3/q+1. The first-order valence-corrected chi connectivity index (χ1v) is 15.3. The first kappa shape index (κ1) is 32.2. The second-order valence-electron chi connectivity index (χ2n) is 11.1. The molecular formula is C27H57NO5P+. The van der Waals surface area contributed by atoms with E-state index < -0.39 is 8.60 Å². The molecule has 204 valence electrons. The zero-order valence-electron chi connectivity index (χ0n) is 23.0. The third-order valence-corrected chi connectivity index (χ3v) is 7.15. The molecule has 1 rings (SSSR count). The van der Waals surface area contributed by atoms with Crippen LogP contribution in [0.1, 0.15) is 103 Å². The van der Waals surface area contributed by atoms with Crippen LogP contribution in [-0.4, -0.2) is 76.2 Å². The fourth-order valence-electron chi connectivity index (χ4n) is 4.01. The molecule has 1 aliphatic heterocycles. The molecule has 0 aliphatic carbocycles. The van der Waals surface area contributed by atoms with Crippen molar-refractivity contribution in [2.24, 2.45) is 5.92 Å². The summed E-state index contributed by atoms with van der Waals surface area (Å²) in [6, 6.07) is 0. The van der Waals surface area contributed by atoms with Crippen molar-refractivity contribution in [3.05, 3.63) is 0 Å². The van der Waals surface area contributed by atoms with Crippen molar-refractivity contribution in [3.63, 3.8) is 0 Å². The van der Waals surface area contributed by atoms with Crippen LogP contribution in [0.15, 0.2) is 0 Å². The fourth-order valence-corrected chi connectivity index (χ4v) is 4.66. The Balaban J connectivity index is 1.92. The summed E-state index contributed by atoms with van der Waals surface area (Å²) in [6.45, 7) is 6.40. The molecule has 1 heterocycles. The normalized spacial score (nSPS) is 17.7. The van der Waals surface area contributed by atoms with Gasteiger partial charge >= 0.3 is 8.60 Å². The van der Waals surface area contributed by atoms with Gasteiger partial charge in [0.25, 0.3) is 0 Å². The van der Waals surface area contributed by atoms with E-state index in [1.54, 1.807) is 0 Å². The molecule has 0 spiro atoms. The van der Waals surface area contributed by atoms with Crippen molar-refractivity contribution in [2.75, 3.05) is 60.7 Å². The highest BCUT2D eigenvalue weighted by atomic mass is 31.2. The Kier molecular flexibility index (Phi) is 20.2. The fraction of sp³-hybridized carbons (Fsp3) is 1.00. The van der Waals surface area contributed by atoms with Crippen LogP contribution in [0.4, 0.5) is 0 Å². The number of hydrogen-bond acceptors (Lipinski definition) is 5. The van der Waals surface area contributed by atoms with E-state index in [2.05, 4.69) is 28.1 Å². The van der Waals surface area contributed by atoms with Gasteiger partial charge in [-0.15, -0.1) is 0 Å². The Morgan fingerprint density at radius 1 is 0.794 bits per heavy atom. The van der Waals surface area contributed by atoms with Crippen LogP contribution in [0, 0.1) is 5.92 Å². The predicted octanol–water partition coefficient (Wildman–Crippen LogP) is 6.85. The molecule has 3 unspecified atom stereocenters. The number of epoxide rings is 1. The molecule has 7 heteroatoms. The predicted molar refractivity (Wildman–Crippen MR) is 143 cm³/mol. The first-order valence-electron chi connectivity index (χ1n) is 14.2. The smallest absolute Gasteiger partial charge is 0.330 e. The van der Waals surface area contributed by atoms with Gasteiger partial charge < -0.3 is 27.9 Å². The lowest BCUT2D eigenvalue weighted by Crippen LogP contribution is -2.37. The molecule has 0 aromatic carbocycles. The summed E-state index contributed by atoms with van der Waals surface area (Å²) >= 11 is 0. The number of quaternary nitrogens is 1. The van der Waals surface area contributed by atoms with E-state index in [-0.39, 0.29) is 5.92 Å². The zero-order chi connectivity index (χ0) is 24.9. The Morgan fingerprint density at radius 2 is 1.32 bits per heavy atom. The minimum atomic E-state index is -1.82.